The van der Waals surface area contributed by atoms with Crippen LogP contribution in [0.5, 0.6) is 5.75 Å². The fraction of sp³-hybridized carbons (Fsp3) is 0.250. The van der Waals surface area contributed by atoms with Crippen LogP contribution in [0.3, 0.4) is 0 Å². The molecule has 0 bridgehead atoms. The minimum Gasteiger partial charge on any atom is -0.420 e. The van der Waals surface area contributed by atoms with Crippen LogP contribution < -0.4 is 15.2 Å². The molecule has 1 saturated carbocycles. The molecule has 6 rings (SSSR count). The molecule has 1 aromatic heterocycles. The van der Waals surface area contributed by atoms with Crippen molar-refractivity contribution in [1.82, 2.24) is 4.68 Å². The summed E-state index contributed by atoms with van der Waals surface area (Å²) in [6.07, 6.45) is 8.43. The van der Waals surface area contributed by atoms with Crippen LogP contribution in [0, 0.1) is 29.4 Å². The van der Waals surface area contributed by atoms with E-state index < -0.39 is 34.5 Å². The first-order valence-electron chi connectivity index (χ1n) is 11.7. The normalized spacial score (nSPS) is 18.8. The molecule has 0 N–H and O–H groups in total. The Kier molecular flexibility index (Phi) is 5.28. The van der Waals surface area contributed by atoms with Gasteiger partial charge in [0.2, 0.25) is 11.2 Å². The molecule has 0 radical (unpaired) electrons. The molecular formula is C28H20F2N2O4S. The lowest BCUT2D eigenvalue weighted by Gasteiger charge is -2.43. The average molecular weight is 519 g/mol. The first-order chi connectivity index (χ1) is 17.8. The van der Waals surface area contributed by atoms with Gasteiger partial charge in [-0.3, -0.25) is 24.1 Å². The highest BCUT2D eigenvalue weighted by Gasteiger charge is 2.57. The van der Waals surface area contributed by atoms with E-state index in [0.717, 1.165) is 23.4 Å². The quantitative estimate of drug-likeness (QED) is 0.371. The molecule has 186 valence electrons. The van der Waals surface area contributed by atoms with Gasteiger partial charge in [0.1, 0.15) is 0 Å². The van der Waals surface area contributed by atoms with E-state index in [2.05, 4.69) is 5.92 Å². The lowest BCUT2D eigenvalue weighted by molar-refractivity contribution is -0.132. The summed E-state index contributed by atoms with van der Waals surface area (Å²) in [5.74, 6) is -0.642. The fourth-order valence-electron chi connectivity index (χ4n) is 5.35. The van der Waals surface area contributed by atoms with Crippen LogP contribution in [0.1, 0.15) is 58.5 Å². The molecule has 1 aliphatic carbocycles. The molecule has 0 unspecified atom stereocenters. The van der Waals surface area contributed by atoms with Gasteiger partial charge < -0.3 is 4.74 Å². The van der Waals surface area contributed by atoms with Crippen molar-refractivity contribution in [3.05, 3.63) is 92.4 Å². The topological polar surface area (TPSA) is 68.6 Å². The van der Waals surface area contributed by atoms with E-state index >= 15 is 4.39 Å². The average Bonchev–Trinajstić information content (AvgIpc) is 3.67. The van der Waals surface area contributed by atoms with Crippen molar-refractivity contribution in [2.45, 2.75) is 36.5 Å². The summed E-state index contributed by atoms with van der Waals surface area (Å²) in [5, 5.41) is 1.86. The van der Waals surface area contributed by atoms with Gasteiger partial charge >= 0.3 is 5.97 Å². The predicted octanol–water partition coefficient (Wildman–Crippen LogP) is 4.34. The number of hydrogen-bond acceptors (Lipinski definition) is 6. The number of benzene rings is 2. The Morgan fingerprint density at radius 1 is 1.22 bits per heavy atom. The minimum absolute atomic E-state index is 0.0350. The standard InChI is InChI=1S/C28H20F2N2O4S/c1-3-16-12-19(29)23(30)18-13-37-21-7-5-4-6-17(21)24(22(16)18)32-14-28(9-10-28)27(35)25-26(36-15(2)33)20(34)8-11-31(25)32/h1,4-8,11-12,24H,9-10,13-14H2,2H3/t24-/m1/s1. The van der Waals surface area contributed by atoms with Crippen molar-refractivity contribution in [2.24, 2.45) is 5.41 Å². The number of pyridine rings is 1. The molecule has 2 aliphatic heterocycles. The van der Waals surface area contributed by atoms with Crippen molar-refractivity contribution in [2.75, 3.05) is 11.6 Å². The Bertz CT molecular complexity index is 1620. The number of ether oxygens (including phenoxy) is 1. The van der Waals surface area contributed by atoms with Crippen molar-refractivity contribution in [3.8, 4) is 18.1 Å². The van der Waals surface area contributed by atoms with E-state index in [1.807, 2.05) is 29.3 Å². The second-order valence-corrected chi connectivity index (χ2v) is 10.5. The van der Waals surface area contributed by atoms with Gasteiger partial charge in [0, 0.05) is 53.1 Å². The van der Waals surface area contributed by atoms with E-state index in [1.165, 1.54) is 28.7 Å². The number of hydrogen-bond donors (Lipinski definition) is 0. The van der Waals surface area contributed by atoms with Crippen LogP contribution in [-0.2, 0) is 10.5 Å². The van der Waals surface area contributed by atoms with E-state index in [0.29, 0.717) is 18.4 Å². The monoisotopic (exact) mass is 518 g/mol. The third-order valence-electron chi connectivity index (χ3n) is 7.25. The summed E-state index contributed by atoms with van der Waals surface area (Å²) >= 11 is 1.38. The molecule has 0 amide bonds. The van der Waals surface area contributed by atoms with Gasteiger partial charge in [0.15, 0.2) is 23.1 Å². The van der Waals surface area contributed by atoms with Crippen molar-refractivity contribution >= 4 is 23.5 Å². The van der Waals surface area contributed by atoms with Crippen LogP contribution in [-0.4, -0.2) is 23.0 Å². The highest BCUT2D eigenvalue weighted by atomic mass is 32.2. The number of carbonyl (C=O) groups excluding carboxylic acids is 2. The van der Waals surface area contributed by atoms with Crippen LogP contribution >= 0.6 is 11.8 Å². The van der Waals surface area contributed by atoms with Crippen LogP contribution in [0.15, 0.2) is 52.3 Å². The van der Waals surface area contributed by atoms with Gasteiger partial charge in [-0.15, -0.1) is 18.2 Å². The van der Waals surface area contributed by atoms with E-state index in [1.54, 1.807) is 0 Å². The predicted molar refractivity (Wildman–Crippen MR) is 133 cm³/mol. The highest BCUT2D eigenvalue weighted by Crippen LogP contribution is 2.54. The Morgan fingerprint density at radius 2 is 1.97 bits per heavy atom. The maximum absolute atomic E-state index is 15.3. The number of fused-ring (bicyclic) bond motifs is 3. The van der Waals surface area contributed by atoms with Crippen LogP contribution in [0.25, 0.3) is 0 Å². The number of thioether (sulfide) groups is 1. The number of rotatable bonds is 2. The number of halogens is 2. The largest absolute Gasteiger partial charge is 0.420 e. The molecule has 3 heterocycles. The van der Waals surface area contributed by atoms with Gasteiger partial charge in [0.05, 0.1) is 11.5 Å². The molecule has 0 saturated heterocycles. The summed E-state index contributed by atoms with van der Waals surface area (Å²) in [5.41, 5.74) is 0.186. The number of terminal acetylenes is 1. The van der Waals surface area contributed by atoms with Gasteiger partial charge in [-0.2, -0.15) is 0 Å². The molecule has 1 atom stereocenters. The Morgan fingerprint density at radius 3 is 2.68 bits per heavy atom. The molecule has 3 aromatic rings. The molecule has 1 spiro atoms. The summed E-state index contributed by atoms with van der Waals surface area (Å²) in [7, 11) is 0. The van der Waals surface area contributed by atoms with Crippen molar-refractivity contribution < 1.29 is 23.1 Å². The lowest BCUT2D eigenvalue weighted by atomic mass is 9.87. The second-order valence-electron chi connectivity index (χ2n) is 9.49. The maximum atomic E-state index is 15.3. The lowest BCUT2D eigenvalue weighted by Crippen LogP contribution is -2.52. The van der Waals surface area contributed by atoms with Gasteiger partial charge in [-0.05, 0) is 30.5 Å². The molecule has 37 heavy (non-hydrogen) atoms. The van der Waals surface area contributed by atoms with Crippen LogP contribution in [0.4, 0.5) is 8.78 Å². The number of ketones is 1. The summed E-state index contributed by atoms with van der Waals surface area (Å²) in [6, 6.07) is 9.06. The van der Waals surface area contributed by atoms with E-state index in [-0.39, 0.29) is 40.7 Å². The first kappa shape index (κ1) is 23.5. The third kappa shape index (κ3) is 3.50. The fourth-order valence-corrected chi connectivity index (χ4v) is 6.46. The number of carbonyl (C=O) groups is 2. The van der Waals surface area contributed by atoms with E-state index in [9.17, 15) is 18.8 Å². The Labute approximate surface area is 215 Å². The Balaban J connectivity index is 1.68. The smallest absolute Gasteiger partial charge is 0.308 e. The van der Waals surface area contributed by atoms with Gasteiger partial charge in [-0.1, -0.05) is 24.1 Å². The first-order valence-corrected chi connectivity index (χ1v) is 12.7. The van der Waals surface area contributed by atoms with Gasteiger partial charge in [0.25, 0.3) is 0 Å². The van der Waals surface area contributed by atoms with Crippen molar-refractivity contribution in [3.63, 3.8) is 0 Å². The highest BCUT2D eigenvalue weighted by molar-refractivity contribution is 7.98. The van der Waals surface area contributed by atoms with Crippen LogP contribution in [0.2, 0.25) is 0 Å². The third-order valence-corrected chi connectivity index (χ3v) is 8.36. The molecule has 2 aromatic carbocycles. The van der Waals surface area contributed by atoms with E-state index in [4.69, 9.17) is 11.2 Å². The molecule has 1 fully saturated rings. The summed E-state index contributed by atoms with van der Waals surface area (Å²) < 4.78 is 36.6. The number of esters is 1. The number of aromatic nitrogens is 1. The summed E-state index contributed by atoms with van der Waals surface area (Å²) in [6.45, 7) is 1.42. The zero-order valence-corrected chi connectivity index (χ0v) is 20.5. The second kappa shape index (κ2) is 8.32. The maximum Gasteiger partial charge on any atom is 0.308 e. The summed E-state index contributed by atoms with van der Waals surface area (Å²) in [4.78, 5) is 39.1. The number of Topliss-reactive ketones (excluding diaryl/α,β-unsaturated/α-hetero) is 1. The molecular weight excluding hydrogens is 498 g/mol. The molecule has 3 aliphatic rings. The zero-order chi connectivity index (χ0) is 26.1. The van der Waals surface area contributed by atoms with Crippen molar-refractivity contribution in [1.29, 1.82) is 0 Å². The Hall–Kier alpha value is -3.90. The molecule has 9 heteroatoms. The number of nitrogens with zero attached hydrogens (tertiary/aromatic N) is 2. The zero-order valence-electron chi connectivity index (χ0n) is 19.7. The SMILES string of the molecule is C#Cc1cc(F)c(F)c2c1[C@H](N1CC3(CC3)C(=O)c3c(OC(C)=O)c(=O)ccn31)c1ccccc1SC2. The molecule has 6 nitrogen and oxygen atoms in total. The van der Waals surface area contributed by atoms with Gasteiger partial charge in [-0.25, -0.2) is 8.78 Å². The minimum atomic E-state index is -1.02.